The normalized spacial score (nSPS) is 19.2. The lowest BCUT2D eigenvalue weighted by atomic mass is 9.78. The first kappa shape index (κ1) is 24.1. The van der Waals surface area contributed by atoms with E-state index in [-0.39, 0.29) is 35.3 Å². The Hall–Kier alpha value is -2.52. The van der Waals surface area contributed by atoms with Gasteiger partial charge in [-0.25, -0.2) is 13.2 Å². The van der Waals surface area contributed by atoms with E-state index in [0.717, 1.165) is 0 Å². The van der Waals surface area contributed by atoms with Gasteiger partial charge in [0.1, 0.15) is 0 Å². The SMILES string of the molecule is CCCC(O)c1ccc(C#CC2CCC(c3ccc(OCC)c(F)c3F)CC2)c(F)c1F. The topological polar surface area (TPSA) is 29.5 Å². The van der Waals surface area contributed by atoms with E-state index < -0.39 is 29.4 Å². The quantitative estimate of drug-likeness (QED) is 0.389. The molecule has 1 N–H and O–H groups in total. The molecule has 172 valence electrons. The van der Waals surface area contributed by atoms with Crippen LogP contribution in [0.1, 0.15) is 81.1 Å². The fourth-order valence-corrected chi connectivity index (χ4v) is 4.20. The molecule has 2 aromatic carbocycles. The molecule has 1 atom stereocenters. The van der Waals surface area contributed by atoms with Crippen LogP contribution in [0.2, 0.25) is 0 Å². The van der Waals surface area contributed by atoms with E-state index in [2.05, 4.69) is 11.8 Å². The summed E-state index contributed by atoms with van der Waals surface area (Å²) in [4.78, 5) is 0. The molecule has 1 saturated carbocycles. The molecular weight excluding hydrogens is 420 g/mol. The van der Waals surface area contributed by atoms with Gasteiger partial charge in [-0.1, -0.05) is 37.3 Å². The molecule has 0 radical (unpaired) electrons. The van der Waals surface area contributed by atoms with Crippen molar-refractivity contribution in [1.82, 2.24) is 0 Å². The van der Waals surface area contributed by atoms with E-state index in [0.29, 0.717) is 44.1 Å². The third-order valence-corrected chi connectivity index (χ3v) is 5.99. The van der Waals surface area contributed by atoms with Crippen LogP contribution in [-0.2, 0) is 0 Å². The van der Waals surface area contributed by atoms with Crippen LogP contribution in [0, 0.1) is 41.0 Å². The van der Waals surface area contributed by atoms with Crippen molar-refractivity contribution in [2.45, 2.75) is 64.4 Å². The summed E-state index contributed by atoms with van der Waals surface area (Å²) in [6.45, 7) is 3.82. The molecular formula is C26H28F4O2. The number of benzene rings is 2. The number of hydrogen-bond acceptors (Lipinski definition) is 2. The summed E-state index contributed by atoms with van der Waals surface area (Å²) in [5.74, 6) is 1.54. The summed E-state index contributed by atoms with van der Waals surface area (Å²) < 4.78 is 62.5. The van der Waals surface area contributed by atoms with E-state index in [4.69, 9.17) is 4.74 Å². The summed E-state index contributed by atoms with van der Waals surface area (Å²) in [6.07, 6.45) is 2.53. The predicted octanol–water partition coefficient (Wildman–Crippen LogP) is 6.80. The number of hydrogen-bond donors (Lipinski definition) is 1. The fourth-order valence-electron chi connectivity index (χ4n) is 4.20. The van der Waals surface area contributed by atoms with Crippen molar-refractivity contribution in [3.8, 4) is 17.6 Å². The van der Waals surface area contributed by atoms with Crippen LogP contribution in [0.25, 0.3) is 0 Å². The Morgan fingerprint density at radius 3 is 2.31 bits per heavy atom. The van der Waals surface area contributed by atoms with Gasteiger partial charge in [0.25, 0.3) is 0 Å². The van der Waals surface area contributed by atoms with Gasteiger partial charge < -0.3 is 9.84 Å². The van der Waals surface area contributed by atoms with Gasteiger partial charge in [0.2, 0.25) is 5.82 Å². The minimum Gasteiger partial charge on any atom is -0.491 e. The third-order valence-electron chi connectivity index (χ3n) is 5.99. The van der Waals surface area contributed by atoms with Crippen LogP contribution in [0.3, 0.4) is 0 Å². The van der Waals surface area contributed by atoms with Crippen molar-refractivity contribution in [2.75, 3.05) is 6.61 Å². The molecule has 0 bridgehead atoms. The van der Waals surface area contributed by atoms with Crippen molar-refractivity contribution in [1.29, 1.82) is 0 Å². The molecule has 6 heteroatoms. The van der Waals surface area contributed by atoms with E-state index in [1.54, 1.807) is 13.0 Å². The fraction of sp³-hybridized carbons (Fsp3) is 0.462. The first-order chi connectivity index (χ1) is 15.4. The van der Waals surface area contributed by atoms with Gasteiger partial charge in [0.15, 0.2) is 23.2 Å². The summed E-state index contributed by atoms with van der Waals surface area (Å²) in [5, 5.41) is 9.95. The summed E-state index contributed by atoms with van der Waals surface area (Å²) >= 11 is 0. The van der Waals surface area contributed by atoms with E-state index in [9.17, 15) is 22.7 Å². The molecule has 0 heterocycles. The number of aliphatic hydroxyl groups is 1. The number of ether oxygens (including phenoxy) is 1. The highest BCUT2D eigenvalue weighted by atomic mass is 19.2. The monoisotopic (exact) mass is 448 g/mol. The molecule has 32 heavy (non-hydrogen) atoms. The first-order valence-electron chi connectivity index (χ1n) is 11.1. The minimum atomic E-state index is -1.06. The molecule has 0 aliphatic heterocycles. The van der Waals surface area contributed by atoms with Crippen molar-refractivity contribution in [2.24, 2.45) is 5.92 Å². The highest BCUT2D eigenvalue weighted by molar-refractivity contribution is 5.40. The minimum absolute atomic E-state index is 0.0327. The Morgan fingerprint density at radius 1 is 0.938 bits per heavy atom. The van der Waals surface area contributed by atoms with Crippen LogP contribution in [0.15, 0.2) is 24.3 Å². The highest BCUT2D eigenvalue weighted by Gasteiger charge is 2.26. The molecule has 0 amide bonds. The van der Waals surface area contributed by atoms with Gasteiger partial charge in [0, 0.05) is 11.5 Å². The lowest BCUT2D eigenvalue weighted by molar-refractivity contribution is 0.160. The van der Waals surface area contributed by atoms with E-state index in [1.165, 1.54) is 18.2 Å². The van der Waals surface area contributed by atoms with Crippen LogP contribution in [0.5, 0.6) is 5.75 Å². The Balaban J connectivity index is 1.67. The summed E-state index contributed by atoms with van der Waals surface area (Å²) in [5.41, 5.74) is 0.239. The second-order valence-electron chi connectivity index (χ2n) is 8.17. The zero-order valence-electron chi connectivity index (χ0n) is 18.4. The Bertz CT molecular complexity index is 1000. The lowest BCUT2D eigenvalue weighted by Crippen LogP contribution is -2.14. The second-order valence-corrected chi connectivity index (χ2v) is 8.17. The molecule has 2 nitrogen and oxygen atoms in total. The van der Waals surface area contributed by atoms with Gasteiger partial charge in [-0.15, -0.1) is 0 Å². The Morgan fingerprint density at radius 2 is 1.66 bits per heavy atom. The average Bonchev–Trinajstić information content (AvgIpc) is 2.79. The highest BCUT2D eigenvalue weighted by Crippen LogP contribution is 2.38. The molecule has 0 spiro atoms. The maximum atomic E-state index is 14.5. The predicted molar refractivity (Wildman–Crippen MR) is 115 cm³/mol. The van der Waals surface area contributed by atoms with Crippen molar-refractivity contribution in [3.05, 3.63) is 64.2 Å². The third kappa shape index (κ3) is 5.27. The van der Waals surface area contributed by atoms with Gasteiger partial charge in [-0.05, 0) is 62.6 Å². The summed E-state index contributed by atoms with van der Waals surface area (Å²) in [6, 6.07) is 5.81. The van der Waals surface area contributed by atoms with Gasteiger partial charge in [0.05, 0.1) is 18.3 Å². The van der Waals surface area contributed by atoms with E-state index >= 15 is 0 Å². The molecule has 1 aliphatic rings. The smallest absolute Gasteiger partial charge is 0.200 e. The zero-order chi connectivity index (χ0) is 23.3. The average molecular weight is 449 g/mol. The molecule has 3 rings (SSSR count). The van der Waals surface area contributed by atoms with Gasteiger partial charge in [-0.2, -0.15) is 4.39 Å². The Labute approximate surface area is 186 Å². The molecule has 0 saturated heterocycles. The molecule has 1 fully saturated rings. The number of aliphatic hydroxyl groups excluding tert-OH is 1. The van der Waals surface area contributed by atoms with Gasteiger partial charge >= 0.3 is 0 Å². The first-order valence-corrected chi connectivity index (χ1v) is 11.1. The number of halogens is 4. The van der Waals surface area contributed by atoms with Gasteiger partial charge in [-0.3, -0.25) is 0 Å². The summed E-state index contributed by atoms with van der Waals surface area (Å²) in [7, 11) is 0. The van der Waals surface area contributed by atoms with Crippen molar-refractivity contribution >= 4 is 0 Å². The Kier molecular flexibility index (Phi) is 8.20. The van der Waals surface area contributed by atoms with Crippen molar-refractivity contribution < 1.29 is 27.4 Å². The standard InChI is InChI=1S/C26H28F4O2/c1-3-5-21(31)20-13-12-18(23(27)25(20)29)11-8-16-6-9-17(10-7-16)19-14-15-22(32-4-2)26(30)24(19)28/h12-17,21,31H,3-7,9-10H2,1-2H3. The zero-order valence-corrected chi connectivity index (χ0v) is 18.4. The largest absolute Gasteiger partial charge is 0.491 e. The molecule has 2 aromatic rings. The number of rotatable bonds is 6. The lowest BCUT2D eigenvalue weighted by Gasteiger charge is -2.26. The van der Waals surface area contributed by atoms with Crippen LogP contribution in [0.4, 0.5) is 17.6 Å². The maximum absolute atomic E-state index is 14.5. The molecule has 1 unspecified atom stereocenters. The van der Waals surface area contributed by atoms with Crippen LogP contribution < -0.4 is 4.74 Å². The van der Waals surface area contributed by atoms with E-state index in [1.807, 2.05) is 6.92 Å². The van der Waals surface area contributed by atoms with Crippen molar-refractivity contribution in [3.63, 3.8) is 0 Å². The van der Waals surface area contributed by atoms with Crippen LogP contribution in [-0.4, -0.2) is 11.7 Å². The second kappa shape index (κ2) is 10.9. The maximum Gasteiger partial charge on any atom is 0.200 e. The molecule has 0 aromatic heterocycles. The van der Waals surface area contributed by atoms with Crippen LogP contribution >= 0.6 is 0 Å². The molecule has 1 aliphatic carbocycles.